The molecular formula is C26H28ClN3O5S. The highest BCUT2D eigenvalue weighted by molar-refractivity contribution is 7.89. The minimum absolute atomic E-state index is 0.279. The van der Waals surface area contributed by atoms with E-state index < -0.39 is 10.0 Å². The van der Waals surface area contributed by atoms with Gasteiger partial charge in [0.15, 0.2) is 0 Å². The number of rotatable bonds is 7. The average molecular weight is 530 g/mol. The fraction of sp³-hybridized carbons (Fsp3) is 0.269. The second-order valence-corrected chi connectivity index (χ2v) is 10.7. The zero-order valence-corrected chi connectivity index (χ0v) is 21.9. The Morgan fingerprint density at radius 3 is 2.11 bits per heavy atom. The first-order valence-corrected chi connectivity index (χ1v) is 13.2. The number of nitrogens with zero attached hydrogens (tertiary/aromatic N) is 2. The fourth-order valence-corrected chi connectivity index (χ4v) is 5.80. The van der Waals surface area contributed by atoms with Gasteiger partial charge in [0.1, 0.15) is 11.5 Å². The Labute approximate surface area is 216 Å². The van der Waals surface area contributed by atoms with Gasteiger partial charge in [0, 0.05) is 37.8 Å². The zero-order valence-electron chi connectivity index (χ0n) is 20.3. The molecule has 0 atom stereocenters. The minimum Gasteiger partial charge on any atom is -0.497 e. The maximum atomic E-state index is 13.1. The third-order valence-corrected chi connectivity index (χ3v) is 8.28. The number of ether oxygens (including phenoxy) is 2. The predicted molar refractivity (Wildman–Crippen MR) is 141 cm³/mol. The monoisotopic (exact) mass is 529 g/mol. The van der Waals surface area contributed by atoms with Crippen LogP contribution in [0.4, 0.5) is 11.4 Å². The van der Waals surface area contributed by atoms with E-state index in [1.165, 1.54) is 18.5 Å². The first-order valence-electron chi connectivity index (χ1n) is 11.4. The molecule has 10 heteroatoms. The quantitative estimate of drug-likeness (QED) is 0.487. The van der Waals surface area contributed by atoms with Gasteiger partial charge in [-0.1, -0.05) is 35.4 Å². The molecule has 4 rings (SSSR count). The average Bonchev–Trinajstić information content (AvgIpc) is 2.88. The lowest BCUT2D eigenvalue weighted by Gasteiger charge is -2.36. The number of carbonyl (C=O) groups excluding carboxylic acids is 1. The van der Waals surface area contributed by atoms with Gasteiger partial charge in [-0.05, 0) is 43.3 Å². The van der Waals surface area contributed by atoms with Crippen LogP contribution in [0.25, 0.3) is 0 Å². The lowest BCUT2D eigenvalue weighted by atomic mass is 10.1. The highest BCUT2D eigenvalue weighted by Gasteiger charge is 2.30. The number of piperazine rings is 1. The van der Waals surface area contributed by atoms with Crippen LogP contribution in [-0.2, 0) is 10.0 Å². The number of para-hydroxylation sites is 1. The molecule has 1 saturated heterocycles. The van der Waals surface area contributed by atoms with Crippen LogP contribution in [0.5, 0.6) is 11.5 Å². The summed E-state index contributed by atoms with van der Waals surface area (Å²) in [6.07, 6.45) is 0. The van der Waals surface area contributed by atoms with Gasteiger partial charge in [-0.3, -0.25) is 4.79 Å². The number of benzene rings is 3. The van der Waals surface area contributed by atoms with Crippen molar-refractivity contribution in [2.24, 2.45) is 0 Å². The number of anilines is 2. The van der Waals surface area contributed by atoms with Gasteiger partial charge in [-0.2, -0.15) is 4.31 Å². The molecule has 8 nitrogen and oxygen atoms in total. The van der Waals surface area contributed by atoms with Gasteiger partial charge in [0.25, 0.3) is 5.91 Å². The van der Waals surface area contributed by atoms with Gasteiger partial charge >= 0.3 is 0 Å². The maximum Gasteiger partial charge on any atom is 0.255 e. The molecule has 0 aliphatic carbocycles. The number of amides is 1. The van der Waals surface area contributed by atoms with E-state index in [0.717, 1.165) is 5.56 Å². The van der Waals surface area contributed by atoms with E-state index in [9.17, 15) is 13.2 Å². The lowest BCUT2D eigenvalue weighted by molar-refractivity contribution is 0.102. The van der Waals surface area contributed by atoms with Gasteiger partial charge in [0.05, 0.1) is 35.5 Å². The third kappa shape index (κ3) is 5.43. The topological polar surface area (TPSA) is 88.2 Å². The van der Waals surface area contributed by atoms with Crippen LogP contribution in [-0.4, -0.2) is 59.0 Å². The zero-order chi connectivity index (χ0) is 25.9. The summed E-state index contributed by atoms with van der Waals surface area (Å²) in [6.45, 7) is 3.35. The summed E-state index contributed by atoms with van der Waals surface area (Å²) in [5.41, 5.74) is 2.55. The predicted octanol–water partition coefficient (Wildman–Crippen LogP) is 4.43. The molecular weight excluding hydrogens is 502 g/mol. The molecule has 3 aromatic carbocycles. The van der Waals surface area contributed by atoms with Gasteiger partial charge in [0.2, 0.25) is 10.0 Å². The molecule has 0 saturated carbocycles. The highest BCUT2D eigenvalue weighted by Crippen LogP contribution is 2.36. The fourth-order valence-electron chi connectivity index (χ4n) is 4.08. The summed E-state index contributed by atoms with van der Waals surface area (Å²) >= 11 is 6.56. The van der Waals surface area contributed by atoms with Crippen molar-refractivity contribution < 1.29 is 22.7 Å². The Bertz CT molecular complexity index is 1330. The minimum atomic E-state index is -3.59. The highest BCUT2D eigenvalue weighted by atomic mass is 35.5. The SMILES string of the molecule is COc1cc(OC)cc(C(=O)Nc2cccc(Cl)c2N2CCN(S(=O)(=O)c3ccc(C)cc3)CC2)c1. The van der Waals surface area contributed by atoms with Crippen LogP contribution in [0.15, 0.2) is 65.6 Å². The Morgan fingerprint density at radius 1 is 0.917 bits per heavy atom. The smallest absolute Gasteiger partial charge is 0.255 e. The van der Waals surface area contributed by atoms with Crippen LogP contribution >= 0.6 is 11.6 Å². The molecule has 190 valence electrons. The number of methoxy groups -OCH3 is 2. The summed E-state index contributed by atoms with van der Waals surface area (Å²) in [4.78, 5) is 15.4. The first-order chi connectivity index (χ1) is 17.2. The van der Waals surface area contributed by atoms with Crippen molar-refractivity contribution in [3.63, 3.8) is 0 Å². The second-order valence-electron chi connectivity index (χ2n) is 8.40. The summed E-state index contributed by atoms with van der Waals surface area (Å²) in [5, 5.41) is 3.40. The van der Waals surface area contributed by atoms with E-state index in [1.54, 1.807) is 60.7 Å². The first kappa shape index (κ1) is 25.8. The van der Waals surface area contributed by atoms with Crippen molar-refractivity contribution in [1.82, 2.24) is 4.31 Å². The van der Waals surface area contributed by atoms with Crippen LogP contribution in [0.3, 0.4) is 0 Å². The van der Waals surface area contributed by atoms with Crippen molar-refractivity contribution in [1.29, 1.82) is 0 Å². The van der Waals surface area contributed by atoms with E-state index in [4.69, 9.17) is 21.1 Å². The number of halogens is 1. The molecule has 1 aliphatic rings. The van der Waals surface area contributed by atoms with Crippen LogP contribution < -0.4 is 19.7 Å². The molecule has 3 aromatic rings. The van der Waals surface area contributed by atoms with E-state index in [2.05, 4.69) is 5.32 Å². The van der Waals surface area contributed by atoms with E-state index >= 15 is 0 Å². The van der Waals surface area contributed by atoms with E-state index in [0.29, 0.717) is 59.6 Å². The molecule has 0 spiro atoms. The number of carbonyl (C=O) groups is 1. The van der Waals surface area contributed by atoms with Gasteiger partial charge < -0.3 is 19.7 Å². The van der Waals surface area contributed by atoms with Crippen molar-refractivity contribution in [3.8, 4) is 11.5 Å². The largest absolute Gasteiger partial charge is 0.497 e. The second kappa shape index (κ2) is 10.8. The van der Waals surface area contributed by atoms with Crippen molar-refractivity contribution in [3.05, 3.63) is 76.8 Å². The molecule has 1 fully saturated rings. The van der Waals surface area contributed by atoms with Crippen molar-refractivity contribution in [2.45, 2.75) is 11.8 Å². The van der Waals surface area contributed by atoms with Crippen molar-refractivity contribution in [2.75, 3.05) is 50.6 Å². The summed E-state index contributed by atoms with van der Waals surface area (Å²) in [5.74, 6) is 0.643. The summed E-state index contributed by atoms with van der Waals surface area (Å²) in [6, 6.07) is 17.0. The molecule has 0 radical (unpaired) electrons. The van der Waals surface area contributed by atoms with Crippen LogP contribution in [0.2, 0.25) is 5.02 Å². The molecule has 1 amide bonds. The van der Waals surface area contributed by atoms with E-state index in [1.807, 2.05) is 11.8 Å². The summed E-state index contributed by atoms with van der Waals surface area (Å²) in [7, 11) is -0.557. The van der Waals surface area contributed by atoms with Crippen molar-refractivity contribution >= 4 is 38.9 Å². The van der Waals surface area contributed by atoms with Crippen LogP contribution in [0.1, 0.15) is 15.9 Å². The molecule has 0 aromatic heterocycles. The molecule has 0 bridgehead atoms. The Morgan fingerprint density at radius 2 is 1.53 bits per heavy atom. The number of sulfonamides is 1. The van der Waals surface area contributed by atoms with Gasteiger partial charge in [-0.15, -0.1) is 0 Å². The molecule has 1 N–H and O–H groups in total. The maximum absolute atomic E-state index is 13.1. The number of hydrogen-bond donors (Lipinski definition) is 1. The third-order valence-electron chi connectivity index (χ3n) is 6.06. The van der Waals surface area contributed by atoms with E-state index in [-0.39, 0.29) is 10.8 Å². The standard InChI is InChI=1S/C26H28ClN3O5S/c1-18-7-9-22(10-8-18)36(32,33)30-13-11-29(12-14-30)25-23(27)5-4-6-24(25)28-26(31)19-15-20(34-2)17-21(16-19)35-3/h4-10,15-17H,11-14H2,1-3H3,(H,28,31). The Balaban J connectivity index is 1.53. The summed E-state index contributed by atoms with van der Waals surface area (Å²) < 4.78 is 38.2. The lowest BCUT2D eigenvalue weighted by Crippen LogP contribution is -2.49. The number of aryl methyl sites for hydroxylation is 1. The molecule has 1 aliphatic heterocycles. The van der Waals surface area contributed by atoms with Gasteiger partial charge in [-0.25, -0.2) is 8.42 Å². The molecule has 0 unspecified atom stereocenters. The number of hydrogen-bond acceptors (Lipinski definition) is 6. The van der Waals surface area contributed by atoms with Crippen LogP contribution in [0, 0.1) is 6.92 Å². The normalized spacial score (nSPS) is 14.4. The molecule has 36 heavy (non-hydrogen) atoms. The Hall–Kier alpha value is -3.27. The Kier molecular flexibility index (Phi) is 7.73. The number of nitrogens with one attached hydrogen (secondary N) is 1. The molecule has 1 heterocycles.